The van der Waals surface area contributed by atoms with Gasteiger partial charge in [-0.3, -0.25) is 33.6 Å². The fraction of sp³-hybridized carbons (Fsp3) is 0.492. The molecule has 4 aromatic carbocycles. The lowest BCUT2D eigenvalue weighted by molar-refractivity contribution is -0.144. The second-order valence-electron chi connectivity index (χ2n) is 23.4. The molecule has 0 aromatic heterocycles. The quantitative estimate of drug-likeness (QED) is 0.0745. The van der Waals surface area contributed by atoms with Crippen LogP contribution < -0.4 is 31.9 Å². The van der Waals surface area contributed by atoms with Crippen molar-refractivity contribution in [2.24, 2.45) is 10.8 Å². The minimum atomic E-state index is -0.971. The monoisotopic (exact) mass is 1050 g/mol. The summed E-state index contributed by atoms with van der Waals surface area (Å²) in [4.78, 5) is 105. The first-order valence-corrected chi connectivity index (χ1v) is 27.3. The van der Waals surface area contributed by atoms with E-state index in [1.165, 1.54) is 10.5 Å². The SMILES string of the molecule is CNC(C)C(=O)NC(C(=O)N1Cc2ccccc2CC1CN(CCc1ccccc1)C(=O)c1ccc(C(=O)NC2CC(C(=O)NC3CCCc4ccccc43)N(C(=O)C(NC(=O)C(C)NC)C(C)(C)C)C2)cc1)C(C)(C)C. The number of benzene rings is 4. The number of rotatable bonds is 18. The van der Waals surface area contributed by atoms with Crippen molar-refractivity contribution in [1.82, 2.24) is 46.6 Å². The van der Waals surface area contributed by atoms with E-state index in [1.54, 1.807) is 57.1 Å². The maximum Gasteiger partial charge on any atom is 0.253 e. The Hall–Kier alpha value is -6.91. The van der Waals surface area contributed by atoms with Crippen LogP contribution in [0.2, 0.25) is 0 Å². The van der Waals surface area contributed by atoms with Crippen molar-refractivity contribution in [1.29, 1.82) is 0 Å². The highest BCUT2D eigenvalue weighted by molar-refractivity contribution is 5.99. The van der Waals surface area contributed by atoms with Crippen molar-refractivity contribution in [2.75, 3.05) is 33.7 Å². The van der Waals surface area contributed by atoms with E-state index in [1.807, 2.05) is 113 Å². The Balaban J connectivity index is 1.12. The number of nitrogens with one attached hydrogen (secondary N) is 6. The first kappa shape index (κ1) is 57.8. The van der Waals surface area contributed by atoms with Crippen LogP contribution in [0.5, 0.6) is 0 Å². The number of carbonyl (C=O) groups excluding carboxylic acids is 7. The number of carbonyl (C=O) groups is 7. The number of amides is 7. The lowest BCUT2D eigenvalue weighted by Crippen LogP contribution is -2.61. The number of fused-ring (bicyclic) bond motifs is 2. The van der Waals surface area contributed by atoms with Crippen molar-refractivity contribution >= 4 is 41.4 Å². The molecule has 7 amide bonds. The molecule has 16 nitrogen and oxygen atoms in total. The number of likely N-dealkylation sites (N-methyl/N-ethyl adjacent to an activating group) is 2. The topological polar surface area (TPSA) is 201 Å². The van der Waals surface area contributed by atoms with Gasteiger partial charge in [0, 0.05) is 43.3 Å². The van der Waals surface area contributed by atoms with Crippen LogP contribution in [-0.4, -0.2) is 132 Å². The third kappa shape index (κ3) is 14.2. The average Bonchev–Trinajstić information content (AvgIpc) is 3.91. The predicted molar refractivity (Wildman–Crippen MR) is 298 cm³/mol. The second kappa shape index (κ2) is 25.0. The molecule has 3 aliphatic rings. The van der Waals surface area contributed by atoms with Crippen LogP contribution in [0.1, 0.15) is 129 Å². The highest BCUT2D eigenvalue weighted by Crippen LogP contribution is 2.33. The van der Waals surface area contributed by atoms with E-state index in [9.17, 15) is 33.6 Å². The maximum absolute atomic E-state index is 14.9. The van der Waals surface area contributed by atoms with Crippen molar-refractivity contribution < 1.29 is 33.6 Å². The van der Waals surface area contributed by atoms with E-state index in [-0.39, 0.29) is 60.7 Å². The van der Waals surface area contributed by atoms with E-state index in [0.29, 0.717) is 31.5 Å². The Morgan fingerprint density at radius 3 is 1.79 bits per heavy atom. The molecule has 0 radical (unpaired) electrons. The lowest BCUT2D eigenvalue weighted by atomic mass is 9.84. The highest BCUT2D eigenvalue weighted by Gasteiger charge is 2.46. The van der Waals surface area contributed by atoms with Crippen LogP contribution in [0.4, 0.5) is 0 Å². The van der Waals surface area contributed by atoms with Crippen molar-refractivity contribution in [2.45, 2.75) is 149 Å². The molecule has 0 bridgehead atoms. The molecule has 2 aliphatic heterocycles. The molecule has 8 atom stereocenters. The molecule has 6 N–H and O–H groups in total. The summed E-state index contributed by atoms with van der Waals surface area (Å²) < 4.78 is 0. The van der Waals surface area contributed by atoms with E-state index in [2.05, 4.69) is 44.0 Å². The molecule has 7 rings (SSSR count). The van der Waals surface area contributed by atoms with Crippen LogP contribution >= 0.6 is 0 Å². The molecule has 412 valence electrons. The van der Waals surface area contributed by atoms with Crippen LogP contribution in [-0.2, 0) is 49.8 Å². The molecule has 0 spiro atoms. The minimum absolute atomic E-state index is 0.0317. The van der Waals surface area contributed by atoms with Gasteiger partial charge in [0.05, 0.1) is 24.2 Å². The number of likely N-dealkylation sites (tertiary alicyclic amines) is 1. The smallest absolute Gasteiger partial charge is 0.253 e. The first-order valence-electron chi connectivity index (χ1n) is 27.3. The molecule has 0 saturated carbocycles. The normalized spacial score (nSPS) is 19.8. The molecule has 4 aromatic rings. The number of hydrogen-bond donors (Lipinski definition) is 6. The van der Waals surface area contributed by atoms with Gasteiger partial charge in [-0.15, -0.1) is 0 Å². The zero-order valence-electron chi connectivity index (χ0n) is 46.7. The summed E-state index contributed by atoms with van der Waals surface area (Å²) in [5.41, 5.74) is 4.65. The molecular formula is C61H81N9O7. The summed E-state index contributed by atoms with van der Waals surface area (Å²) in [7, 11) is 3.36. The number of nitrogens with zero attached hydrogens (tertiary/aromatic N) is 3. The van der Waals surface area contributed by atoms with E-state index >= 15 is 0 Å². The average molecular weight is 1050 g/mol. The number of aryl methyl sites for hydroxylation is 1. The molecule has 8 unspecified atom stereocenters. The fourth-order valence-electron chi connectivity index (χ4n) is 10.7. The Morgan fingerprint density at radius 2 is 1.19 bits per heavy atom. The van der Waals surface area contributed by atoms with Gasteiger partial charge in [-0.25, -0.2) is 0 Å². The molecule has 16 heteroatoms. The van der Waals surface area contributed by atoms with Gasteiger partial charge in [0.15, 0.2) is 0 Å². The van der Waals surface area contributed by atoms with E-state index < -0.39 is 64.9 Å². The maximum atomic E-state index is 14.9. The van der Waals surface area contributed by atoms with Gasteiger partial charge < -0.3 is 46.6 Å². The third-order valence-electron chi connectivity index (χ3n) is 15.6. The van der Waals surface area contributed by atoms with Gasteiger partial charge in [0.25, 0.3) is 11.8 Å². The van der Waals surface area contributed by atoms with Crippen molar-refractivity contribution in [3.63, 3.8) is 0 Å². The zero-order valence-corrected chi connectivity index (χ0v) is 46.7. The Morgan fingerprint density at radius 1 is 0.649 bits per heavy atom. The molecular weight excluding hydrogens is 971 g/mol. The summed E-state index contributed by atoms with van der Waals surface area (Å²) in [5, 5.41) is 18.2. The Kier molecular flexibility index (Phi) is 18.8. The van der Waals surface area contributed by atoms with Crippen molar-refractivity contribution in [3.05, 3.63) is 142 Å². The van der Waals surface area contributed by atoms with Gasteiger partial charge in [-0.1, -0.05) is 120 Å². The number of hydrogen-bond acceptors (Lipinski definition) is 9. The van der Waals surface area contributed by atoms with Crippen LogP contribution in [0.15, 0.2) is 103 Å². The second-order valence-corrected chi connectivity index (χ2v) is 23.4. The zero-order chi connectivity index (χ0) is 55.8. The Labute approximate surface area is 455 Å². The Bertz CT molecular complexity index is 2750. The minimum Gasteiger partial charge on any atom is -0.347 e. The van der Waals surface area contributed by atoms with E-state index in [0.717, 1.165) is 41.5 Å². The standard InChI is InChI=1S/C61H81N9O7/c1-38(62-9)53(71)66-51(60(3,4)5)58(76)69-35-45-23-15-14-22-44(45)33-47(69)37-68(32-31-40-19-12-11-13-20-40)57(75)43-29-27-42(28-30-43)55(73)64-46-34-50(56(74)65-49-26-18-24-41-21-16-17-25-48(41)49)70(36-46)59(77)52(61(6,7)8)67-54(72)39(2)63-10/h11-17,19-23,25,27-30,38-39,46-47,49-52,62-63H,18,24,26,31-37H2,1-10H3,(H,64,73)(H,65,74)(H,66,71)(H,67,72). The predicted octanol–water partition coefficient (Wildman–Crippen LogP) is 5.50. The highest BCUT2D eigenvalue weighted by atomic mass is 16.2. The van der Waals surface area contributed by atoms with Gasteiger partial charge >= 0.3 is 0 Å². The first-order chi connectivity index (χ1) is 36.6. The van der Waals surface area contributed by atoms with Gasteiger partial charge in [-0.2, -0.15) is 0 Å². The van der Waals surface area contributed by atoms with Crippen LogP contribution in [0.3, 0.4) is 0 Å². The third-order valence-corrected chi connectivity index (χ3v) is 15.6. The summed E-state index contributed by atoms with van der Waals surface area (Å²) in [6.45, 7) is 15.7. The van der Waals surface area contributed by atoms with Crippen molar-refractivity contribution in [3.8, 4) is 0 Å². The molecule has 1 saturated heterocycles. The largest absolute Gasteiger partial charge is 0.347 e. The molecule has 1 fully saturated rings. The van der Waals surface area contributed by atoms with Crippen LogP contribution in [0.25, 0.3) is 0 Å². The molecule has 2 heterocycles. The van der Waals surface area contributed by atoms with Gasteiger partial charge in [0.1, 0.15) is 18.1 Å². The van der Waals surface area contributed by atoms with Gasteiger partial charge in [0.2, 0.25) is 29.5 Å². The molecule has 1 aliphatic carbocycles. The summed E-state index contributed by atoms with van der Waals surface area (Å²) in [5.74, 6) is -2.32. The molecule has 77 heavy (non-hydrogen) atoms. The van der Waals surface area contributed by atoms with E-state index in [4.69, 9.17) is 0 Å². The summed E-state index contributed by atoms with van der Waals surface area (Å²) in [6, 6.07) is 27.3. The summed E-state index contributed by atoms with van der Waals surface area (Å²) >= 11 is 0. The fourth-order valence-corrected chi connectivity index (χ4v) is 10.7. The lowest BCUT2D eigenvalue weighted by Gasteiger charge is -2.43. The van der Waals surface area contributed by atoms with Crippen LogP contribution in [0, 0.1) is 10.8 Å². The summed E-state index contributed by atoms with van der Waals surface area (Å²) in [6.07, 6.45) is 3.76. The van der Waals surface area contributed by atoms with Gasteiger partial charge in [-0.05, 0) is 129 Å².